The minimum Gasteiger partial charge on any atom is -0.309 e. The minimum atomic E-state index is 1.04. The Morgan fingerprint density at radius 3 is 1.96 bits per heavy atom. The van der Waals surface area contributed by atoms with Crippen LogP contribution in [-0.4, -0.2) is 4.57 Å². The maximum atomic E-state index is 3.71. The highest BCUT2D eigenvalue weighted by Gasteiger charge is 2.10. The molecule has 0 N–H and O–H groups in total. The summed E-state index contributed by atoms with van der Waals surface area (Å²) < 4.78 is 2.35. The average Bonchev–Trinajstić information content (AvgIpc) is 3.00. The lowest BCUT2D eigenvalue weighted by molar-refractivity contribution is 0.998. The summed E-state index contributed by atoms with van der Waals surface area (Å²) in [6, 6.07) is 26.2. The first-order valence-corrected chi connectivity index (χ1v) is 8.73. The molecule has 1 heterocycles. The smallest absolute Gasteiger partial charge is 0.0541 e. The number of nitrogens with zero attached hydrogens (tertiary/aromatic N) is 1. The van der Waals surface area contributed by atoms with Gasteiger partial charge in [-0.15, -0.1) is 0 Å². The van der Waals surface area contributed by atoms with E-state index in [-0.39, 0.29) is 0 Å². The van der Waals surface area contributed by atoms with Crippen molar-refractivity contribution in [3.05, 3.63) is 103 Å². The first-order valence-electron chi connectivity index (χ1n) is 8.73. The average molecular weight is 323 g/mol. The van der Waals surface area contributed by atoms with Gasteiger partial charge < -0.3 is 4.57 Å². The maximum Gasteiger partial charge on any atom is 0.0541 e. The number of benzene rings is 3. The lowest BCUT2D eigenvalue weighted by atomic mass is 10.1. The van der Waals surface area contributed by atoms with Gasteiger partial charge in [0, 0.05) is 16.5 Å². The topological polar surface area (TPSA) is 4.93 Å². The molecule has 1 aromatic heterocycles. The Hall–Kier alpha value is -3.06. The van der Waals surface area contributed by atoms with Gasteiger partial charge in [-0.25, -0.2) is 0 Å². The number of para-hydroxylation sites is 2. The second kappa shape index (κ2) is 6.82. The van der Waals surface area contributed by atoms with E-state index in [2.05, 4.69) is 90.0 Å². The molecule has 4 rings (SSSR count). The Labute approximate surface area is 148 Å². The number of rotatable bonds is 5. The van der Waals surface area contributed by atoms with Crippen LogP contribution >= 0.6 is 0 Å². The van der Waals surface area contributed by atoms with Crippen molar-refractivity contribution in [2.45, 2.75) is 12.8 Å². The SMILES string of the molecule is C=C/C=C/CCc1ccc(-n2c3ccccc3c3ccccc32)cc1. The van der Waals surface area contributed by atoms with E-state index >= 15 is 0 Å². The summed E-state index contributed by atoms with van der Waals surface area (Å²) in [5, 5.41) is 2.61. The van der Waals surface area contributed by atoms with Crippen LogP contribution in [0, 0.1) is 0 Å². The second-order valence-corrected chi connectivity index (χ2v) is 6.24. The molecule has 0 fully saturated rings. The number of hydrogen-bond donors (Lipinski definition) is 0. The Bertz CT molecular complexity index is 995. The van der Waals surface area contributed by atoms with Gasteiger partial charge in [0.25, 0.3) is 0 Å². The molecular weight excluding hydrogens is 302 g/mol. The molecule has 0 unspecified atom stereocenters. The number of aryl methyl sites for hydroxylation is 1. The number of aromatic nitrogens is 1. The van der Waals surface area contributed by atoms with Crippen LogP contribution in [0.3, 0.4) is 0 Å². The summed E-state index contributed by atoms with van der Waals surface area (Å²) in [4.78, 5) is 0. The summed E-state index contributed by atoms with van der Waals surface area (Å²) in [6.07, 6.45) is 8.09. The molecule has 0 bridgehead atoms. The van der Waals surface area contributed by atoms with Crippen molar-refractivity contribution < 1.29 is 0 Å². The zero-order valence-corrected chi connectivity index (χ0v) is 14.2. The van der Waals surface area contributed by atoms with E-state index in [4.69, 9.17) is 0 Å². The molecule has 4 aromatic rings. The molecule has 25 heavy (non-hydrogen) atoms. The fourth-order valence-corrected chi connectivity index (χ4v) is 3.45. The van der Waals surface area contributed by atoms with Crippen LogP contribution in [0.5, 0.6) is 0 Å². The van der Waals surface area contributed by atoms with Crippen molar-refractivity contribution in [2.75, 3.05) is 0 Å². The van der Waals surface area contributed by atoms with E-state index in [0.29, 0.717) is 0 Å². The largest absolute Gasteiger partial charge is 0.309 e. The van der Waals surface area contributed by atoms with E-state index in [9.17, 15) is 0 Å². The summed E-state index contributed by atoms with van der Waals surface area (Å²) >= 11 is 0. The van der Waals surface area contributed by atoms with Gasteiger partial charge in [-0.1, -0.05) is 73.3 Å². The number of hydrogen-bond acceptors (Lipinski definition) is 0. The Kier molecular flexibility index (Phi) is 4.22. The normalized spacial score (nSPS) is 11.5. The highest BCUT2D eigenvalue weighted by atomic mass is 15.0. The molecule has 0 radical (unpaired) electrons. The monoisotopic (exact) mass is 323 g/mol. The Morgan fingerprint density at radius 1 is 0.760 bits per heavy atom. The summed E-state index contributed by atoms with van der Waals surface area (Å²) in [7, 11) is 0. The van der Waals surface area contributed by atoms with Crippen LogP contribution in [0.4, 0.5) is 0 Å². The zero-order chi connectivity index (χ0) is 17.1. The predicted molar refractivity (Wildman–Crippen MR) is 108 cm³/mol. The van der Waals surface area contributed by atoms with Crippen molar-refractivity contribution in [1.29, 1.82) is 0 Å². The lowest BCUT2D eigenvalue weighted by Gasteiger charge is -2.09. The van der Waals surface area contributed by atoms with Gasteiger partial charge >= 0.3 is 0 Å². The second-order valence-electron chi connectivity index (χ2n) is 6.24. The molecular formula is C24H21N. The van der Waals surface area contributed by atoms with Crippen molar-refractivity contribution >= 4 is 21.8 Å². The van der Waals surface area contributed by atoms with Crippen LogP contribution in [0.25, 0.3) is 27.5 Å². The lowest BCUT2D eigenvalue weighted by Crippen LogP contribution is -1.94. The third-order valence-electron chi connectivity index (χ3n) is 4.65. The van der Waals surface area contributed by atoms with Gasteiger partial charge in [0.2, 0.25) is 0 Å². The van der Waals surface area contributed by atoms with Crippen LogP contribution in [-0.2, 0) is 6.42 Å². The van der Waals surface area contributed by atoms with Crippen molar-refractivity contribution in [3.8, 4) is 5.69 Å². The molecule has 0 saturated carbocycles. The molecule has 0 amide bonds. The Balaban J connectivity index is 1.76. The Morgan fingerprint density at radius 2 is 1.36 bits per heavy atom. The minimum absolute atomic E-state index is 1.04. The van der Waals surface area contributed by atoms with Gasteiger partial charge in [0.05, 0.1) is 11.0 Å². The summed E-state index contributed by atoms with van der Waals surface area (Å²) in [5.74, 6) is 0. The van der Waals surface area contributed by atoms with Gasteiger partial charge in [0.15, 0.2) is 0 Å². The van der Waals surface area contributed by atoms with E-state index in [1.54, 1.807) is 0 Å². The van der Waals surface area contributed by atoms with Gasteiger partial charge in [-0.2, -0.15) is 0 Å². The van der Waals surface area contributed by atoms with Crippen LogP contribution < -0.4 is 0 Å². The predicted octanol–water partition coefficient (Wildman–Crippen LogP) is 6.46. The highest BCUT2D eigenvalue weighted by molar-refractivity contribution is 6.09. The first kappa shape index (κ1) is 15.5. The van der Waals surface area contributed by atoms with Crippen molar-refractivity contribution in [2.24, 2.45) is 0 Å². The quantitative estimate of drug-likeness (QED) is 0.371. The summed E-state index contributed by atoms with van der Waals surface area (Å²) in [6.45, 7) is 3.71. The highest BCUT2D eigenvalue weighted by Crippen LogP contribution is 2.31. The zero-order valence-electron chi connectivity index (χ0n) is 14.2. The standard InChI is InChI=1S/C24H21N/c1-2-3-4-5-10-19-15-17-20(18-16-19)25-23-13-8-6-11-21(23)22-12-7-9-14-24(22)25/h2-4,6-9,11-18H,1,5,10H2/b4-3+. The number of allylic oxidation sites excluding steroid dienone is 3. The fraction of sp³-hybridized carbons (Fsp3) is 0.0833. The van der Waals surface area contributed by atoms with E-state index in [0.717, 1.165) is 12.8 Å². The summed E-state index contributed by atoms with van der Waals surface area (Å²) in [5.41, 5.74) is 5.08. The van der Waals surface area contributed by atoms with Crippen LogP contribution in [0.1, 0.15) is 12.0 Å². The fourth-order valence-electron chi connectivity index (χ4n) is 3.45. The molecule has 0 aliphatic rings. The molecule has 0 saturated heterocycles. The van der Waals surface area contributed by atoms with E-state index in [1.165, 1.54) is 33.1 Å². The third kappa shape index (κ3) is 2.89. The van der Waals surface area contributed by atoms with Gasteiger partial charge in [-0.3, -0.25) is 0 Å². The molecule has 1 nitrogen and oxygen atoms in total. The molecule has 122 valence electrons. The van der Waals surface area contributed by atoms with Crippen molar-refractivity contribution in [1.82, 2.24) is 4.57 Å². The van der Waals surface area contributed by atoms with Crippen molar-refractivity contribution in [3.63, 3.8) is 0 Å². The van der Waals surface area contributed by atoms with Crippen LogP contribution in [0.2, 0.25) is 0 Å². The number of fused-ring (bicyclic) bond motifs is 3. The van der Waals surface area contributed by atoms with Crippen LogP contribution in [0.15, 0.2) is 97.6 Å². The first-order chi connectivity index (χ1) is 12.4. The maximum absolute atomic E-state index is 3.71. The molecule has 3 aromatic carbocycles. The van der Waals surface area contributed by atoms with E-state index in [1.807, 2.05) is 12.2 Å². The molecule has 0 spiro atoms. The van der Waals surface area contributed by atoms with E-state index < -0.39 is 0 Å². The van der Waals surface area contributed by atoms with Gasteiger partial charge in [-0.05, 0) is 42.7 Å². The van der Waals surface area contributed by atoms with Gasteiger partial charge in [0.1, 0.15) is 0 Å². The molecule has 1 heteroatoms. The third-order valence-corrected chi connectivity index (χ3v) is 4.65. The molecule has 0 aliphatic carbocycles. The molecule has 0 aliphatic heterocycles. The molecule has 0 atom stereocenters.